The maximum Gasteiger partial charge on any atom is 0.324 e. The van der Waals surface area contributed by atoms with Crippen molar-refractivity contribution in [3.63, 3.8) is 0 Å². The Morgan fingerprint density at radius 1 is 1.12 bits per heavy atom. The SMILES string of the molecule is COCCOc1ccc(Br)c(CC2CCN(CC3CC(=O)N(Cc4ccccc4)C(=O)N3)C2)c1. The molecule has 182 valence electrons. The van der Waals surface area contributed by atoms with E-state index >= 15 is 0 Å². The Balaban J connectivity index is 1.26. The number of hydrogen-bond acceptors (Lipinski definition) is 5. The van der Waals surface area contributed by atoms with Crippen LogP contribution in [0.4, 0.5) is 4.79 Å². The van der Waals surface area contributed by atoms with Crippen molar-refractivity contribution in [1.29, 1.82) is 0 Å². The van der Waals surface area contributed by atoms with Crippen molar-refractivity contribution in [2.24, 2.45) is 5.92 Å². The minimum absolute atomic E-state index is 0.109. The first-order valence-electron chi connectivity index (χ1n) is 11.8. The second-order valence-corrected chi connectivity index (χ2v) is 9.88. The van der Waals surface area contributed by atoms with Crippen LogP contribution in [-0.2, 0) is 22.5 Å². The summed E-state index contributed by atoms with van der Waals surface area (Å²) in [6.45, 7) is 4.04. The molecule has 2 unspecified atom stereocenters. The fourth-order valence-corrected chi connectivity index (χ4v) is 5.09. The van der Waals surface area contributed by atoms with Crippen molar-refractivity contribution in [2.45, 2.75) is 31.8 Å². The third-order valence-corrected chi connectivity index (χ3v) is 7.18. The maximum atomic E-state index is 12.7. The number of benzene rings is 2. The van der Waals surface area contributed by atoms with Crippen molar-refractivity contribution in [3.8, 4) is 5.75 Å². The summed E-state index contributed by atoms with van der Waals surface area (Å²) in [4.78, 5) is 29.0. The van der Waals surface area contributed by atoms with Crippen LogP contribution < -0.4 is 10.1 Å². The van der Waals surface area contributed by atoms with Crippen LogP contribution in [0.2, 0.25) is 0 Å². The number of nitrogens with zero attached hydrogens (tertiary/aromatic N) is 2. The molecule has 2 aromatic carbocycles. The number of carbonyl (C=O) groups excluding carboxylic acids is 2. The maximum absolute atomic E-state index is 12.7. The molecule has 34 heavy (non-hydrogen) atoms. The Hall–Kier alpha value is -2.42. The average Bonchev–Trinajstić information content (AvgIpc) is 3.26. The van der Waals surface area contributed by atoms with Gasteiger partial charge in [0.15, 0.2) is 0 Å². The zero-order valence-electron chi connectivity index (χ0n) is 19.5. The van der Waals surface area contributed by atoms with Gasteiger partial charge in [0.1, 0.15) is 12.4 Å². The van der Waals surface area contributed by atoms with Crippen molar-refractivity contribution >= 4 is 27.9 Å². The molecule has 0 bridgehead atoms. The quantitative estimate of drug-likeness (QED) is 0.473. The molecule has 3 amide bonds. The summed E-state index contributed by atoms with van der Waals surface area (Å²) < 4.78 is 11.9. The van der Waals surface area contributed by atoms with E-state index in [0.717, 1.165) is 41.7 Å². The van der Waals surface area contributed by atoms with Crippen molar-refractivity contribution in [1.82, 2.24) is 15.1 Å². The highest BCUT2D eigenvalue weighted by Gasteiger charge is 2.34. The smallest absolute Gasteiger partial charge is 0.324 e. The van der Waals surface area contributed by atoms with E-state index in [1.54, 1.807) is 7.11 Å². The number of halogens is 1. The highest BCUT2D eigenvalue weighted by atomic mass is 79.9. The molecule has 0 saturated carbocycles. The lowest BCUT2D eigenvalue weighted by Gasteiger charge is -2.33. The van der Waals surface area contributed by atoms with E-state index < -0.39 is 0 Å². The van der Waals surface area contributed by atoms with Crippen LogP contribution in [0.1, 0.15) is 24.0 Å². The van der Waals surface area contributed by atoms with Gasteiger partial charge in [-0.15, -0.1) is 0 Å². The van der Waals surface area contributed by atoms with Crippen molar-refractivity contribution < 1.29 is 19.1 Å². The van der Waals surface area contributed by atoms with E-state index in [2.05, 4.69) is 32.2 Å². The predicted molar refractivity (Wildman–Crippen MR) is 134 cm³/mol. The Bertz CT molecular complexity index is 969. The highest BCUT2D eigenvalue weighted by molar-refractivity contribution is 9.10. The number of nitrogens with one attached hydrogen (secondary N) is 1. The van der Waals surface area contributed by atoms with E-state index in [1.165, 1.54) is 10.5 Å². The molecule has 7 nitrogen and oxygen atoms in total. The molecule has 0 aromatic heterocycles. The first-order chi connectivity index (χ1) is 16.5. The number of imide groups is 1. The monoisotopic (exact) mass is 529 g/mol. The van der Waals surface area contributed by atoms with Crippen LogP contribution in [0, 0.1) is 5.92 Å². The van der Waals surface area contributed by atoms with Gasteiger partial charge in [0.05, 0.1) is 19.2 Å². The van der Waals surface area contributed by atoms with Gasteiger partial charge in [0.2, 0.25) is 5.91 Å². The number of rotatable bonds is 10. The van der Waals surface area contributed by atoms with Gasteiger partial charge in [-0.3, -0.25) is 9.69 Å². The average molecular weight is 530 g/mol. The molecule has 2 atom stereocenters. The van der Waals surface area contributed by atoms with Gasteiger partial charge < -0.3 is 19.7 Å². The van der Waals surface area contributed by atoms with Crippen LogP contribution in [0.25, 0.3) is 0 Å². The normalized spacial score (nSPS) is 21.1. The van der Waals surface area contributed by atoms with Crippen LogP contribution in [0.5, 0.6) is 5.75 Å². The molecular formula is C26H32BrN3O4. The summed E-state index contributed by atoms with van der Waals surface area (Å²) in [5, 5.41) is 3.04. The molecule has 0 aliphatic carbocycles. The zero-order chi connectivity index (χ0) is 23.9. The Kier molecular flexibility index (Phi) is 8.59. The number of ether oxygens (including phenoxy) is 2. The van der Waals surface area contributed by atoms with E-state index in [-0.39, 0.29) is 18.0 Å². The first kappa shape index (κ1) is 24.7. The van der Waals surface area contributed by atoms with Gasteiger partial charge in [0, 0.05) is 31.1 Å². The van der Waals surface area contributed by atoms with Gasteiger partial charge in [-0.2, -0.15) is 0 Å². The standard InChI is InChI=1S/C26H32BrN3O4/c1-33-11-12-34-23-7-8-24(27)21(14-23)13-20-9-10-29(16-20)18-22-15-25(31)30(26(32)28-22)17-19-5-3-2-4-6-19/h2-8,14,20,22H,9-13,15-18H2,1H3,(H,28,32). The number of amides is 3. The second-order valence-electron chi connectivity index (χ2n) is 9.03. The molecule has 2 aliphatic heterocycles. The van der Waals surface area contributed by atoms with E-state index in [4.69, 9.17) is 9.47 Å². The fourth-order valence-electron chi connectivity index (χ4n) is 4.68. The Labute approximate surface area is 209 Å². The lowest BCUT2D eigenvalue weighted by molar-refractivity contribution is -0.130. The largest absolute Gasteiger partial charge is 0.491 e. The zero-order valence-corrected chi connectivity index (χ0v) is 21.1. The highest BCUT2D eigenvalue weighted by Crippen LogP contribution is 2.29. The Morgan fingerprint density at radius 2 is 1.94 bits per heavy atom. The number of carbonyl (C=O) groups is 2. The van der Waals surface area contributed by atoms with Crippen LogP contribution in [-0.4, -0.2) is 67.7 Å². The van der Waals surface area contributed by atoms with Gasteiger partial charge in [-0.05, 0) is 54.6 Å². The van der Waals surface area contributed by atoms with E-state index in [0.29, 0.717) is 38.6 Å². The van der Waals surface area contributed by atoms with Gasteiger partial charge in [0.25, 0.3) is 0 Å². The molecule has 2 saturated heterocycles. The van der Waals surface area contributed by atoms with Crippen molar-refractivity contribution in [3.05, 3.63) is 64.1 Å². The lowest BCUT2D eigenvalue weighted by atomic mass is 9.98. The van der Waals surface area contributed by atoms with Crippen LogP contribution >= 0.6 is 15.9 Å². The topological polar surface area (TPSA) is 71.1 Å². The fraction of sp³-hybridized carbons (Fsp3) is 0.462. The van der Waals surface area contributed by atoms with Crippen molar-refractivity contribution in [2.75, 3.05) is 40.0 Å². The molecule has 2 heterocycles. The number of urea groups is 1. The molecule has 8 heteroatoms. The Morgan fingerprint density at radius 3 is 2.71 bits per heavy atom. The van der Waals surface area contributed by atoms with E-state index in [9.17, 15) is 9.59 Å². The van der Waals surface area contributed by atoms with Gasteiger partial charge in [-0.1, -0.05) is 46.3 Å². The third kappa shape index (κ3) is 6.58. The number of likely N-dealkylation sites (tertiary alicyclic amines) is 1. The van der Waals surface area contributed by atoms with Crippen LogP contribution in [0.3, 0.4) is 0 Å². The lowest BCUT2D eigenvalue weighted by Crippen LogP contribution is -2.57. The summed E-state index contributed by atoms with van der Waals surface area (Å²) in [5.41, 5.74) is 2.19. The molecular weight excluding hydrogens is 498 g/mol. The van der Waals surface area contributed by atoms with Crippen LogP contribution in [0.15, 0.2) is 53.0 Å². The predicted octanol–water partition coefficient (Wildman–Crippen LogP) is 3.85. The molecule has 2 aliphatic rings. The summed E-state index contributed by atoms with van der Waals surface area (Å²) in [6, 6.07) is 15.3. The molecule has 1 N–H and O–H groups in total. The molecule has 0 radical (unpaired) electrons. The van der Waals surface area contributed by atoms with Gasteiger partial charge in [-0.25, -0.2) is 4.79 Å². The molecule has 4 rings (SSSR count). The molecule has 2 fully saturated rings. The molecule has 0 spiro atoms. The summed E-state index contributed by atoms with van der Waals surface area (Å²) in [7, 11) is 1.66. The number of hydrogen-bond donors (Lipinski definition) is 1. The molecule has 2 aromatic rings. The first-order valence-corrected chi connectivity index (χ1v) is 12.6. The van der Waals surface area contributed by atoms with E-state index in [1.807, 2.05) is 42.5 Å². The summed E-state index contributed by atoms with van der Waals surface area (Å²) >= 11 is 3.67. The minimum Gasteiger partial charge on any atom is -0.491 e. The summed E-state index contributed by atoms with van der Waals surface area (Å²) in [6.07, 6.45) is 2.39. The third-order valence-electron chi connectivity index (χ3n) is 6.41. The van der Waals surface area contributed by atoms with Gasteiger partial charge >= 0.3 is 6.03 Å². The minimum atomic E-state index is -0.296. The second kappa shape index (κ2) is 11.8. The summed E-state index contributed by atoms with van der Waals surface area (Å²) in [5.74, 6) is 1.27. The number of methoxy groups -OCH3 is 1.